The van der Waals surface area contributed by atoms with Crippen molar-refractivity contribution in [3.63, 3.8) is 0 Å². The Balaban J connectivity index is 1.88. The van der Waals surface area contributed by atoms with Crippen LogP contribution in [0.5, 0.6) is 5.75 Å². The number of aliphatic hydroxyl groups is 1. The van der Waals surface area contributed by atoms with Gasteiger partial charge in [-0.1, -0.05) is 12.1 Å². The second-order valence-corrected chi connectivity index (χ2v) is 7.89. The topological polar surface area (TPSA) is 95.9 Å². The minimum Gasteiger partial charge on any atom is -0.491 e. The molecule has 1 aliphatic rings. The normalized spacial score (nSPS) is 16.3. The van der Waals surface area contributed by atoms with E-state index in [1.165, 1.54) is 29.2 Å². The van der Waals surface area contributed by atoms with Gasteiger partial charge in [0.15, 0.2) is 0 Å². The highest BCUT2D eigenvalue weighted by Gasteiger charge is 2.24. The van der Waals surface area contributed by atoms with Crippen LogP contribution in [0, 0.1) is 0 Å². The van der Waals surface area contributed by atoms with Crippen LogP contribution in [-0.2, 0) is 10.0 Å². The molecule has 26 heavy (non-hydrogen) atoms. The number of carbonyl (C=O) groups is 1. The van der Waals surface area contributed by atoms with Crippen LogP contribution in [0.15, 0.2) is 47.4 Å². The van der Waals surface area contributed by atoms with Crippen LogP contribution in [0.1, 0.15) is 28.4 Å². The highest BCUT2D eigenvalue weighted by Crippen LogP contribution is 2.38. The van der Waals surface area contributed by atoms with Crippen LogP contribution < -0.4 is 9.46 Å². The van der Waals surface area contributed by atoms with Crippen molar-refractivity contribution in [1.29, 1.82) is 0 Å². The Hall–Kier alpha value is -2.58. The SMILES string of the molecule is CN(C)C(=O)c1ccc(S(=O)(=O)Nc2cccc3c2OCCC3O)cc1. The molecule has 0 saturated carbocycles. The summed E-state index contributed by atoms with van der Waals surface area (Å²) in [5.41, 5.74) is 1.23. The molecular weight excluding hydrogens is 356 g/mol. The maximum absolute atomic E-state index is 12.7. The molecule has 0 spiro atoms. The van der Waals surface area contributed by atoms with Crippen molar-refractivity contribution >= 4 is 21.6 Å². The molecule has 138 valence electrons. The molecule has 1 atom stereocenters. The first-order valence-electron chi connectivity index (χ1n) is 8.08. The fourth-order valence-electron chi connectivity index (χ4n) is 2.73. The summed E-state index contributed by atoms with van der Waals surface area (Å²) in [6.07, 6.45) is -0.218. The van der Waals surface area contributed by atoms with Gasteiger partial charge in [0.05, 0.1) is 23.3 Å². The molecule has 2 N–H and O–H groups in total. The molecule has 0 aliphatic carbocycles. The summed E-state index contributed by atoms with van der Waals surface area (Å²) in [6.45, 7) is 0.314. The van der Waals surface area contributed by atoms with Gasteiger partial charge in [0.1, 0.15) is 5.75 Å². The van der Waals surface area contributed by atoms with Crippen molar-refractivity contribution in [2.75, 3.05) is 25.4 Å². The number of nitrogens with one attached hydrogen (secondary N) is 1. The highest BCUT2D eigenvalue weighted by atomic mass is 32.2. The lowest BCUT2D eigenvalue weighted by Gasteiger charge is -2.24. The number of aliphatic hydroxyl groups excluding tert-OH is 1. The quantitative estimate of drug-likeness (QED) is 0.851. The first-order valence-corrected chi connectivity index (χ1v) is 9.56. The van der Waals surface area contributed by atoms with Gasteiger partial charge >= 0.3 is 0 Å². The van der Waals surface area contributed by atoms with Crippen molar-refractivity contribution in [2.24, 2.45) is 0 Å². The monoisotopic (exact) mass is 376 g/mol. The summed E-state index contributed by atoms with van der Waals surface area (Å²) >= 11 is 0. The summed E-state index contributed by atoms with van der Waals surface area (Å²) < 4.78 is 33.4. The second kappa shape index (κ2) is 6.97. The molecule has 0 bridgehead atoms. The second-order valence-electron chi connectivity index (χ2n) is 6.21. The molecular formula is C18H20N2O5S. The first-order chi connectivity index (χ1) is 12.3. The van der Waals surface area contributed by atoms with E-state index >= 15 is 0 Å². The standard InChI is InChI=1S/C18H20N2O5S/c1-20(2)18(22)12-6-8-13(9-7-12)26(23,24)19-15-5-3-4-14-16(21)10-11-25-17(14)15/h3-9,16,19,21H,10-11H2,1-2H3. The van der Waals surface area contributed by atoms with Gasteiger partial charge in [-0.15, -0.1) is 0 Å². The lowest BCUT2D eigenvalue weighted by molar-refractivity contribution is 0.0827. The Kier molecular flexibility index (Phi) is 4.88. The fourth-order valence-corrected chi connectivity index (χ4v) is 3.79. The molecule has 2 aromatic carbocycles. The highest BCUT2D eigenvalue weighted by molar-refractivity contribution is 7.92. The molecule has 0 fully saturated rings. The lowest BCUT2D eigenvalue weighted by atomic mass is 10.0. The van der Waals surface area contributed by atoms with Gasteiger partial charge < -0.3 is 14.7 Å². The van der Waals surface area contributed by atoms with E-state index in [4.69, 9.17) is 4.74 Å². The van der Waals surface area contributed by atoms with E-state index in [1.54, 1.807) is 32.3 Å². The van der Waals surface area contributed by atoms with Gasteiger partial charge in [0.2, 0.25) is 0 Å². The van der Waals surface area contributed by atoms with Crippen LogP contribution in [0.2, 0.25) is 0 Å². The van der Waals surface area contributed by atoms with E-state index in [2.05, 4.69) is 4.72 Å². The lowest BCUT2D eigenvalue weighted by Crippen LogP contribution is -2.22. The van der Waals surface area contributed by atoms with Crippen molar-refractivity contribution in [2.45, 2.75) is 17.4 Å². The minimum atomic E-state index is -3.86. The Morgan fingerprint density at radius 3 is 2.54 bits per heavy atom. The van der Waals surface area contributed by atoms with Gasteiger partial charge in [0, 0.05) is 31.6 Å². The maximum atomic E-state index is 12.7. The zero-order valence-electron chi connectivity index (χ0n) is 14.5. The number of para-hydroxylation sites is 1. The number of hydrogen-bond acceptors (Lipinski definition) is 5. The van der Waals surface area contributed by atoms with Crippen molar-refractivity contribution < 1.29 is 23.1 Å². The Labute approximate surface area is 152 Å². The van der Waals surface area contributed by atoms with Crippen molar-refractivity contribution in [1.82, 2.24) is 4.90 Å². The van der Waals surface area contributed by atoms with Gasteiger partial charge in [-0.25, -0.2) is 8.42 Å². The number of anilines is 1. The van der Waals surface area contributed by atoms with Crippen LogP contribution in [0.3, 0.4) is 0 Å². The van der Waals surface area contributed by atoms with Gasteiger partial charge in [-0.05, 0) is 30.3 Å². The molecule has 0 radical (unpaired) electrons. The summed E-state index contributed by atoms with van der Waals surface area (Å²) in [5, 5.41) is 10.0. The first kappa shape index (κ1) is 18.2. The summed E-state index contributed by atoms with van der Waals surface area (Å²) in [7, 11) is -0.611. The van der Waals surface area contributed by atoms with Crippen LogP contribution in [0.4, 0.5) is 5.69 Å². The molecule has 1 amide bonds. The molecule has 8 heteroatoms. The molecule has 1 aliphatic heterocycles. The smallest absolute Gasteiger partial charge is 0.262 e. The summed E-state index contributed by atoms with van der Waals surface area (Å²) in [4.78, 5) is 13.4. The maximum Gasteiger partial charge on any atom is 0.262 e. The van der Waals surface area contributed by atoms with E-state index in [0.29, 0.717) is 29.9 Å². The number of fused-ring (bicyclic) bond motifs is 1. The average Bonchev–Trinajstić information content (AvgIpc) is 2.62. The van der Waals surface area contributed by atoms with Gasteiger partial charge in [-0.3, -0.25) is 9.52 Å². The van der Waals surface area contributed by atoms with Gasteiger partial charge in [-0.2, -0.15) is 0 Å². The van der Waals surface area contributed by atoms with Crippen molar-refractivity contribution in [3.8, 4) is 5.75 Å². The van der Waals surface area contributed by atoms with Crippen LogP contribution >= 0.6 is 0 Å². The number of ether oxygens (including phenoxy) is 1. The van der Waals surface area contributed by atoms with E-state index in [-0.39, 0.29) is 16.5 Å². The fraction of sp³-hybridized carbons (Fsp3) is 0.278. The third-order valence-electron chi connectivity index (χ3n) is 4.10. The third kappa shape index (κ3) is 3.51. The third-order valence-corrected chi connectivity index (χ3v) is 5.49. The molecule has 1 unspecified atom stereocenters. The molecule has 3 rings (SSSR count). The molecule has 1 heterocycles. The van der Waals surface area contributed by atoms with E-state index in [9.17, 15) is 18.3 Å². The predicted molar refractivity (Wildman–Crippen MR) is 96.8 cm³/mol. The van der Waals surface area contributed by atoms with Gasteiger partial charge in [0.25, 0.3) is 15.9 Å². The largest absolute Gasteiger partial charge is 0.491 e. The Morgan fingerprint density at radius 2 is 1.88 bits per heavy atom. The number of benzene rings is 2. The number of rotatable bonds is 4. The van der Waals surface area contributed by atoms with E-state index < -0.39 is 16.1 Å². The van der Waals surface area contributed by atoms with E-state index in [0.717, 1.165) is 0 Å². The number of sulfonamides is 1. The predicted octanol–water partition coefficient (Wildman–Crippen LogP) is 2.01. The summed E-state index contributed by atoms with van der Waals surface area (Å²) in [5.74, 6) is 0.135. The van der Waals surface area contributed by atoms with Crippen LogP contribution in [0.25, 0.3) is 0 Å². The number of carbonyl (C=O) groups excluding carboxylic acids is 1. The summed E-state index contributed by atoms with van der Waals surface area (Å²) in [6, 6.07) is 10.6. The number of amides is 1. The Morgan fingerprint density at radius 1 is 1.19 bits per heavy atom. The van der Waals surface area contributed by atoms with Crippen LogP contribution in [-0.4, -0.2) is 45.0 Å². The molecule has 0 saturated heterocycles. The minimum absolute atomic E-state index is 0.0294. The molecule has 7 nitrogen and oxygen atoms in total. The molecule has 0 aromatic heterocycles. The Bertz CT molecular complexity index is 923. The molecule has 2 aromatic rings. The van der Waals surface area contributed by atoms with Crippen molar-refractivity contribution in [3.05, 3.63) is 53.6 Å². The zero-order valence-corrected chi connectivity index (χ0v) is 15.3. The average molecular weight is 376 g/mol. The van der Waals surface area contributed by atoms with E-state index in [1.807, 2.05) is 0 Å². The number of nitrogens with zero attached hydrogens (tertiary/aromatic N) is 1. The number of hydrogen-bond donors (Lipinski definition) is 2. The zero-order chi connectivity index (χ0) is 18.9.